The summed E-state index contributed by atoms with van der Waals surface area (Å²) in [6, 6.07) is 12.5. The number of thioether (sulfide) groups is 1. The molecule has 0 aliphatic carbocycles. The maximum atomic E-state index is 13.2. The molecule has 3 aromatic rings. The zero-order chi connectivity index (χ0) is 20.3. The predicted octanol–water partition coefficient (Wildman–Crippen LogP) is 3.64. The maximum absolute atomic E-state index is 13.2. The van der Waals surface area contributed by atoms with E-state index in [1.165, 1.54) is 61.5 Å². The first kappa shape index (κ1) is 20.0. The fraction of sp³-hybridized carbons (Fsp3) is 0.105. The molecule has 0 aliphatic rings. The van der Waals surface area contributed by atoms with Crippen LogP contribution in [0.4, 0.5) is 10.1 Å². The summed E-state index contributed by atoms with van der Waals surface area (Å²) in [5.41, 5.74) is 0.993. The number of hydrogen-bond donors (Lipinski definition) is 1. The van der Waals surface area contributed by atoms with Crippen LogP contribution in [0.3, 0.4) is 0 Å². The molecule has 0 aliphatic heterocycles. The number of halogens is 1. The van der Waals surface area contributed by atoms with Gasteiger partial charge in [0.15, 0.2) is 15.9 Å². The number of aromatic nitrogens is 1. The fourth-order valence-corrected chi connectivity index (χ4v) is 3.93. The summed E-state index contributed by atoms with van der Waals surface area (Å²) < 4.78 is 40.7. The van der Waals surface area contributed by atoms with Crippen molar-refractivity contribution in [3.8, 4) is 0 Å². The second-order valence-corrected chi connectivity index (χ2v) is 8.65. The second-order valence-electron chi connectivity index (χ2n) is 5.87. The minimum atomic E-state index is -3.96. The van der Waals surface area contributed by atoms with E-state index in [2.05, 4.69) is 9.71 Å². The molecule has 0 radical (unpaired) electrons. The van der Waals surface area contributed by atoms with Crippen molar-refractivity contribution in [2.24, 2.45) is 0 Å². The standard InChI is InChI=1S/C19H15FN2O4S2/c1-12(23)27-11-18(24)13-2-6-16(7-3-13)22-28(25,26)19-9-4-14-10-15(20)5-8-17(14)21-19/h2-10,22H,11H2,1H3. The van der Waals surface area contributed by atoms with Crippen LogP contribution >= 0.6 is 11.8 Å². The summed E-state index contributed by atoms with van der Waals surface area (Å²) in [4.78, 5) is 27.0. The number of rotatable bonds is 6. The first-order valence-electron chi connectivity index (χ1n) is 8.10. The van der Waals surface area contributed by atoms with Gasteiger partial charge in [0.1, 0.15) is 5.82 Å². The van der Waals surface area contributed by atoms with E-state index in [0.29, 0.717) is 16.5 Å². The highest BCUT2D eigenvalue weighted by Gasteiger charge is 2.17. The average Bonchev–Trinajstić information content (AvgIpc) is 2.65. The lowest BCUT2D eigenvalue weighted by Gasteiger charge is -2.09. The lowest BCUT2D eigenvalue weighted by atomic mass is 10.1. The summed E-state index contributed by atoms with van der Waals surface area (Å²) in [7, 11) is -3.96. The number of anilines is 1. The van der Waals surface area contributed by atoms with E-state index in [0.717, 1.165) is 11.8 Å². The van der Waals surface area contributed by atoms with E-state index in [1.807, 2.05) is 0 Å². The lowest BCUT2D eigenvalue weighted by molar-refractivity contribution is -0.109. The molecule has 0 amide bonds. The molecule has 144 valence electrons. The van der Waals surface area contributed by atoms with Gasteiger partial charge in [0.2, 0.25) is 0 Å². The first-order chi connectivity index (χ1) is 13.2. The van der Waals surface area contributed by atoms with Gasteiger partial charge in [-0.3, -0.25) is 14.3 Å². The molecule has 0 fully saturated rings. The Hall–Kier alpha value is -2.78. The van der Waals surface area contributed by atoms with Crippen molar-refractivity contribution >= 4 is 49.3 Å². The van der Waals surface area contributed by atoms with Gasteiger partial charge >= 0.3 is 0 Å². The number of pyridine rings is 1. The quantitative estimate of drug-likeness (QED) is 0.615. The van der Waals surface area contributed by atoms with Crippen LogP contribution < -0.4 is 4.72 Å². The minimum Gasteiger partial charge on any atom is -0.293 e. The minimum absolute atomic E-state index is 0.0298. The van der Waals surface area contributed by atoms with Crippen LogP contribution in [0.1, 0.15) is 17.3 Å². The van der Waals surface area contributed by atoms with E-state index in [-0.39, 0.29) is 27.4 Å². The monoisotopic (exact) mass is 418 g/mol. The fourth-order valence-electron chi connectivity index (χ4n) is 2.41. The Bertz CT molecular complexity index is 1160. The molecule has 1 heterocycles. The van der Waals surface area contributed by atoms with Gasteiger partial charge in [-0.1, -0.05) is 11.8 Å². The summed E-state index contributed by atoms with van der Waals surface area (Å²) >= 11 is 0.916. The van der Waals surface area contributed by atoms with E-state index in [1.54, 1.807) is 0 Å². The molecule has 2 aromatic carbocycles. The molecular weight excluding hydrogens is 403 g/mol. The Morgan fingerprint density at radius 3 is 2.46 bits per heavy atom. The van der Waals surface area contributed by atoms with Crippen molar-refractivity contribution in [3.05, 3.63) is 66.0 Å². The number of hydrogen-bond acceptors (Lipinski definition) is 6. The second kappa shape index (κ2) is 8.07. The smallest absolute Gasteiger partial charge is 0.279 e. The Balaban J connectivity index is 1.77. The van der Waals surface area contributed by atoms with Crippen LogP contribution in [0.25, 0.3) is 10.9 Å². The number of sulfonamides is 1. The molecular formula is C19H15FN2O4S2. The van der Waals surface area contributed by atoms with Crippen molar-refractivity contribution in [2.45, 2.75) is 11.9 Å². The number of nitrogens with zero attached hydrogens (tertiary/aromatic N) is 1. The SMILES string of the molecule is CC(=O)SCC(=O)c1ccc(NS(=O)(=O)c2ccc3cc(F)ccc3n2)cc1. The van der Waals surface area contributed by atoms with Gasteiger partial charge in [-0.15, -0.1) is 0 Å². The molecule has 0 atom stereocenters. The van der Waals surface area contributed by atoms with Crippen molar-refractivity contribution in [1.82, 2.24) is 4.98 Å². The van der Waals surface area contributed by atoms with E-state index in [4.69, 9.17) is 0 Å². The number of carbonyl (C=O) groups excluding carboxylic acids is 2. The number of nitrogens with one attached hydrogen (secondary N) is 1. The molecule has 0 unspecified atom stereocenters. The summed E-state index contributed by atoms with van der Waals surface area (Å²) in [5.74, 6) is -0.625. The highest BCUT2D eigenvalue weighted by Crippen LogP contribution is 2.20. The Morgan fingerprint density at radius 1 is 1.07 bits per heavy atom. The molecule has 1 aromatic heterocycles. The summed E-state index contributed by atoms with van der Waals surface area (Å²) in [5, 5.41) is 0.137. The zero-order valence-electron chi connectivity index (χ0n) is 14.7. The molecule has 0 saturated carbocycles. The highest BCUT2D eigenvalue weighted by atomic mass is 32.2. The largest absolute Gasteiger partial charge is 0.293 e. The normalized spacial score (nSPS) is 11.4. The van der Waals surface area contributed by atoms with Crippen molar-refractivity contribution in [2.75, 3.05) is 10.5 Å². The Kier molecular flexibility index (Phi) is 5.76. The molecule has 6 nitrogen and oxygen atoms in total. The van der Waals surface area contributed by atoms with Crippen molar-refractivity contribution in [1.29, 1.82) is 0 Å². The number of Topliss-reactive ketones (excluding diaryl/α,β-unsaturated/α-hetero) is 1. The van der Waals surface area contributed by atoms with Gasteiger partial charge in [-0.05, 0) is 54.6 Å². The number of fused-ring (bicyclic) bond motifs is 1. The Morgan fingerprint density at radius 2 is 1.79 bits per heavy atom. The number of ketones is 1. The summed E-state index contributed by atoms with van der Waals surface area (Å²) in [6.07, 6.45) is 0. The molecule has 0 bridgehead atoms. The lowest BCUT2D eigenvalue weighted by Crippen LogP contribution is -2.14. The van der Waals surface area contributed by atoms with Gasteiger partial charge in [-0.2, -0.15) is 8.42 Å². The van der Waals surface area contributed by atoms with Crippen molar-refractivity contribution < 1.29 is 22.4 Å². The topological polar surface area (TPSA) is 93.2 Å². The molecule has 3 rings (SSSR count). The van der Waals surface area contributed by atoms with Gasteiger partial charge in [0, 0.05) is 23.6 Å². The number of benzene rings is 2. The van der Waals surface area contributed by atoms with Crippen molar-refractivity contribution in [3.63, 3.8) is 0 Å². The van der Waals surface area contributed by atoms with Gasteiger partial charge in [0.25, 0.3) is 10.0 Å². The molecule has 28 heavy (non-hydrogen) atoms. The van der Waals surface area contributed by atoms with Crippen LogP contribution in [0.2, 0.25) is 0 Å². The molecule has 9 heteroatoms. The van der Waals surface area contributed by atoms with Crippen LogP contribution in [0, 0.1) is 5.82 Å². The molecule has 1 N–H and O–H groups in total. The average molecular weight is 418 g/mol. The van der Waals surface area contributed by atoms with Gasteiger partial charge in [-0.25, -0.2) is 9.37 Å². The van der Waals surface area contributed by atoms with Crippen LogP contribution in [0.15, 0.2) is 59.6 Å². The highest BCUT2D eigenvalue weighted by molar-refractivity contribution is 8.14. The Labute approximate surface area is 165 Å². The number of carbonyl (C=O) groups is 2. The van der Waals surface area contributed by atoms with E-state index in [9.17, 15) is 22.4 Å². The maximum Gasteiger partial charge on any atom is 0.279 e. The van der Waals surface area contributed by atoms with Gasteiger partial charge < -0.3 is 0 Å². The third-order valence-corrected chi connectivity index (χ3v) is 5.86. The predicted molar refractivity (Wildman–Crippen MR) is 106 cm³/mol. The van der Waals surface area contributed by atoms with Crippen LogP contribution in [0.5, 0.6) is 0 Å². The molecule has 0 spiro atoms. The van der Waals surface area contributed by atoms with E-state index >= 15 is 0 Å². The van der Waals surface area contributed by atoms with E-state index < -0.39 is 15.8 Å². The third kappa shape index (κ3) is 4.73. The summed E-state index contributed by atoms with van der Waals surface area (Å²) in [6.45, 7) is 1.38. The van der Waals surface area contributed by atoms with Gasteiger partial charge in [0.05, 0.1) is 11.3 Å². The first-order valence-corrected chi connectivity index (χ1v) is 10.6. The van der Waals surface area contributed by atoms with Crippen LogP contribution in [-0.2, 0) is 14.8 Å². The third-order valence-electron chi connectivity index (χ3n) is 3.77. The molecule has 0 saturated heterocycles. The van der Waals surface area contributed by atoms with Crippen LogP contribution in [-0.4, -0.2) is 30.1 Å². The zero-order valence-corrected chi connectivity index (χ0v) is 16.3.